The van der Waals surface area contributed by atoms with Crippen LogP contribution in [-0.4, -0.2) is 29.9 Å². The summed E-state index contributed by atoms with van der Waals surface area (Å²) in [6.07, 6.45) is 1.93. The summed E-state index contributed by atoms with van der Waals surface area (Å²) in [6, 6.07) is 12.2. The van der Waals surface area contributed by atoms with Crippen LogP contribution in [0.3, 0.4) is 0 Å². The van der Waals surface area contributed by atoms with E-state index in [2.05, 4.69) is 28.7 Å². The number of nitrogens with one attached hydrogen (secondary N) is 1. The largest absolute Gasteiger partial charge is 0.345 e. The van der Waals surface area contributed by atoms with E-state index in [-0.39, 0.29) is 11.9 Å². The minimum Gasteiger partial charge on any atom is -0.345 e. The van der Waals surface area contributed by atoms with Crippen molar-refractivity contribution in [3.05, 3.63) is 64.7 Å². The molecular weight excluding hydrogens is 318 g/mol. The van der Waals surface area contributed by atoms with E-state index in [1.165, 1.54) is 10.3 Å². The molecule has 0 aliphatic heterocycles. The molecule has 0 aliphatic carbocycles. The number of amides is 1. The number of hydrogen-bond acceptors (Lipinski definition) is 4. The average molecular weight is 339 g/mol. The molecule has 1 amide bonds. The van der Waals surface area contributed by atoms with Crippen LogP contribution in [0.1, 0.15) is 34.5 Å². The molecule has 1 aromatic carbocycles. The molecule has 1 atom stereocenters. The van der Waals surface area contributed by atoms with Gasteiger partial charge in [0.2, 0.25) is 0 Å². The number of carbonyl (C=O) groups excluding carboxylic acids is 1. The molecular formula is C19H21N3OS. The van der Waals surface area contributed by atoms with E-state index in [4.69, 9.17) is 0 Å². The van der Waals surface area contributed by atoms with E-state index in [1.807, 2.05) is 36.5 Å². The molecule has 0 saturated carbocycles. The highest BCUT2D eigenvalue weighted by Gasteiger charge is 2.10. The topological polar surface area (TPSA) is 45.2 Å². The van der Waals surface area contributed by atoms with Gasteiger partial charge in [-0.1, -0.05) is 12.1 Å². The molecule has 5 heteroatoms. The zero-order valence-corrected chi connectivity index (χ0v) is 14.9. The van der Waals surface area contributed by atoms with E-state index >= 15 is 0 Å². The Morgan fingerprint density at radius 2 is 2.12 bits per heavy atom. The zero-order valence-electron chi connectivity index (χ0n) is 14.1. The van der Waals surface area contributed by atoms with Gasteiger partial charge in [0.15, 0.2) is 0 Å². The van der Waals surface area contributed by atoms with E-state index in [0.29, 0.717) is 12.1 Å². The molecule has 124 valence electrons. The van der Waals surface area contributed by atoms with Crippen LogP contribution in [0.15, 0.2) is 48.0 Å². The van der Waals surface area contributed by atoms with E-state index in [1.54, 1.807) is 30.3 Å². The molecule has 1 unspecified atom stereocenters. The molecule has 1 N–H and O–H groups in total. The molecule has 0 radical (unpaired) electrons. The van der Waals surface area contributed by atoms with Crippen molar-refractivity contribution < 1.29 is 4.79 Å². The summed E-state index contributed by atoms with van der Waals surface area (Å²) in [5.41, 5.74) is 4.03. The third kappa shape index (κ3) is 3.63. The number of benzene rings is 1. The Morgan fingerprint density at radius 1 is 1.29 bits per heavy atom. The second-order valence-corrected chi connectivity index (χ2v) is 7.02. The number of nitrogens with zero attached hydrogens (tertiary/aromatic N) is 2. The Balaban J connectivity index is 1.68. The minimum absolute atomic E-state index is 0.0252. The predicted molar refractivity (Wildman–Crippen MR) is 99.3 cm³/mol. The van der Waals surface area contributed by atoms with E-state index < -0.39 is 0 Å². The summed E-state index contributed by atoms with van der Waals surface area (Å²) < 4.78 is 1.21. The van der Waals surface area contributed by atoms with Crippen LogP contribution >= 0.6 is 11.3 Å². The summed E-state index contributed by atoms with van der Waals surface area (Å²) in [5, 5.41) is 5.57. The van der Waals surface area contributed by atoms with Gasteiger partial charge in [-0.05, 0) is 47.7 Å². The summed E-state index contributed by atoms with van der Waals surface area (Å²) in [5.74, 6) is 0.0252. The van der Waals surface area contributed by atoms with Gasteiger partial charge in [-0.3, -0.25) is 9.78 Å². The summed E-state index contributed by atoms with van der Waals surface area (Å²) in [6.45, 7) is 2.84. The van der Waals surface area contributed by atoms with Crippen molar-refractivity contribution in [1.82, 2.24) is 15.2 Å². The van der Waals surface area contributed by atoms with Crippen molar-refractivity contribution in [2.45, 2.75) is 19.5 Å². The van der Waals surface area contributed by atoms with Crippen LogP contribution in [0.2, 0.25) is 0 Å². The summed E-state index contributed by atoms with van der Waals surface area (Å²) in [7, 11) is 3.53. The zero-order chi connectivity index (χ0) is 17.1. The molecule has 3 rings (SSSR count). The second kappa shape index (κ2) is 7.11. The molecule has 2 heterocycles. The normalized spacial score (nSPS) is 12.3. The second-order valence-electron chi connectivity index (χ2n) is 6.08. The van der Waals surface area contributed by atoms with Gasteiger partial charge >= 0.3 is 0 Å². The van der Waals surface area contributed by atoms with Gasteiger partial charge < -0.3 is 10.2 Å². The molecule has 0 spiro atoms. The maximum absolute atomic E-state index is 12.1. The lowest BCUT2D eigenvalue weighted by Gasteiger charge is -2.15. The Hall–Kier alpha value is -2.24. The monoisotopic (exact) mass is 339 g/mol. The van der Waals surface area contributed by atoms with Crippen molar-refractivity contribution in [3.63, 3.8) is 0 Å². The number of fused-ring (bicyclic) bond motifs is 1. The predicted octanol–water partition coefficient (Wildman–Crippen LogP) is 3.85. The summed E-state index contributed by atoms with van der Waals surface area (Å²) in [4.78, 5) is 18.1. The number of pyridine rings is 1. The van der Waals surface area contributed by atoms with Crippen molar-refractivity contribution in [3.8, 4) is 0 Å². The highest BCUT2D eigenvalue weighted by molar-refractivity contribution is 7.17. The molecule has 0 aliphatic rings. The average Bonchev–Trinajstić information content (AvgIpc) is 3.06. The lowest BCUT2D eigenvalue weighted by molar-refractivity contribution is 0.0827. The fraction of sp³-hybridized carbons (Fsp3) is 0.263. The molecule has 3 aromatic rings. The third-order valence-electron chi connectivity index (χ3n) is 4.02. The quantitative estimate of drug-likeness (QED) is 0.768. The van der Waals surface area contributed by atoms with E-state index in [9.17, 15) is 4.79 Å². The van der Waals surface area contributed by atoms with Crippen molar-refractivity contribution >= 4 is 27.5 Å². The lowest BCUT2D eigenvalue weighted by atomic mass is 10.1. The van der Waals surface area contributed by atoms with Crippen LogP contribution < -0.4 is 5.32 Å². The smallest absolute Gasteiger partial charge is 0.253 e. The van der Waals surface area contributed by atoms with Crippen LogP contribution in [-0.2, 0) is 6.54 Å². The summed E-state index contributed by atoms with van der Waals surface area (Å²) >= 11 is 1.71. The van der Waals surface area contributed by atoms with E-state index in [0.717, 1.165) is 11.1 Å². The highest BCUT2D eigenvalue weighted by Crippen LogP contribution is 2.22. The number of rotatable bonds is 5. The molecule has 0 fully saturated rings. The van der Waals surface area contributed by atoms with Crippen molar-refractivity contribution in [2.75, 3.05) is 14.1 Å². The fourth-order valence-electron chi connectivity index (χ4n) is 2.56. The number of aromatic nitrogens is 1. The first kappa shape index (κ1) is 16.6. The Kier molecular flexibility index (Phi) is 4.92. The minimum atomic E-state index is 0.0252. The van der Waals surface area contributed by atoms with Crippen molar-refractivity contribution in [2.24, 2.45) is 0 Å². The molecule has 2 aromatic heterocycles. The highest BCUT2D eigenvalue weighted by atomic mass is 32.1. The van der Waals surface area contributed by atoms with Gasteiger partial charge in [0.1, 0.15) is 0 Å². The number of hydrogen-bond donors (Lipinski definition) is 1. The maximum Gasteiger partial charge on any atom is 0.253 e. The van der Waals surface area contributed by atoms with Gasteiger partial charge in [0.05, 0.1) is 10.2 Å². The Bertz CT molecular complexity index is 856. The SMILES string of the molecule is CC(NCc1cccc(C(=O)N(C)C)c1)c1cnc2ccsc2c1. The third-order valence-corrected chi connectivity index (χ3v) is 4.87. The Labute approximate surface area is 146 Å². The first-order valence-corrected chi connectivity index (χ1v) is 8.79. The van der Waals surface area contributed by atoms with Gasteiger partial charge in [-0.2, -0.15) is 0 Å². The number of carbonyl (C=O) groups is 1. The number of thiophene rings is 1. The van der Waals surface area contributed by atoms with Gasteiger partial charge in [0.25, 0.3) is 5.91 Å². The fourth-order valence-corrected chi connectivity index (χ4v) is 3.35. The molecule has 0 saturated heterocycles. The van der Waals surface area contributed by atoms with Crippen LogP contribution in [0.25, 0.3) is 10.2 Å². The Morgan fingerprint density at radius 3 is 2.92 bits per heavy atom. The van der Waals surface area contributed by atoms with Gasteiger partial charge in [-0.25, -0.2) is 0 Å². The van der Waals surface area contributed by atoms with Gasteiger partial charge in [0, 0.05) is 38.4 Å². The van der Waals surface area contributed by atoms with Crippen LogP contribution in [0.4, 0.5) is 0 Å². The molecule has 4 nitrogen and oxygen atoms in total. The molecule has 24 heavy (non-hydrogen) atoms. The van der Waals surface area contributed by atoms with Crippen LogP contribution in [0.5, 0.6) is 0 Å². The van der Waals surface area contributed by atoms with Crippen LogP contribution in [0, 0.1) is 0 Å². The van der Waals surface area contributed by atoms with Gasteiger partial charge in [-0.15, -0.1) is 11.3 Å². The first-order valence-electron chi connectivity index (χ1n) is 7.91. The lowest BCUT2D eigenvalue weighted by Crippen LogP contribution is -2.22. The standard InChI is InChI=1S/C19H21N3OS/c1-13(16-10-18-17(21-12-16)7-8-24-18)20-11-14-5-4-6-15(9-14)19(23)22(2)3/h4-10,12-13,20H,11H2,1-3H3. The molecule has 0 bridgehead atoms. The maximum atomic E-state index is 12.1. The first-order chi connectivity index (χ1) is 11.5. The van der Waals surface area contributed by atoms with Crippen molar-refractivity contribution in [1.29, 1.82) is 0 Å².